The quantitative estimate of drug-likeness (QED) is 0.599. The molecule has 0 saturated heterocycles. The van der Waals surface area contributed by atoms with Crippen molar-refractivity contribution in [1.82, 2.24) is 15.0 Å². The number of hydrogen-bond acceptors (Lipinski definition) is 5. The van der Waals surface area contributed by atoms with Gasteiger partial charge in [0, 0.05) is 30.2 Å². The number of nitrogens with one attached hydrogen (secondary N) is 1. The summed E-state index contributed by atoms with van der Waals surface area (Å²) < 4.78 is 0. The first-order valence-corrected chi connectivity index (χ1v) is 6.45. The van der Waals surface area contributed by atoms with Gasteiger partial charge in [-0.25, -0.2) is 9.97 Å². The number of aliphatic hydroxyl groups is 3. The van der Waals surface area contributed by atoms with E-state index in [0.29, 0.717) is 22.6 Å². The van der Waals surface area contributed by atoms with E-state index in [4.69, 9.17) is 11.6 Å². The molecule has 2 aromatic heterocycles. The number of aromatic nitrogens is 3. The third-order valence-electron chi connectivity index (χ3n) is 3.88. The average molecular weight is 284 g/mol. The lowest BCUT2D eigenvalue weighted by molar-refractivity contribution is 0.00241. The largest absolute Gasteiger partial charge is 0.396 e. The van der Waals surface area contributed by atoms with E-state index in [2.05, 4.69) is 15.0 Å². The van der Waals surface area contributed by atoms with Gasteiger partial charge in [-0.3, -0.25) is 0 Å². The summed E-state index contributed by atoms with van der Waals surface area (Å²) in [5.41, 5.74) is 2.06. The van der Waals surface area contributed by atoms with Crippen LogP contribution in [0.15, 0.2) is 12.5 Å². The van der Waals surface area contributed by atoms with Crippen molar-refractivity contribution in [3.05, 3.63) is 23.2 Å². The number of aromatic amines is 1. The van der Waals surface area contributed by atoms with Gasteiger partial charge in [-0.1, -0.05) is 11.6 Å². The minimum atomic E-state index is -0.919. The molecule has 2 aromatic rings. The van der Waals surface area contributed by atoms with Gasteiger partial charge in [-0.2, -0.15) is 0 Å². The highest BCUT2D eigenvalue weighted by atomic mass is 35.5. The Labute approximate surface area is 114 Å². The van der Waals surface area contributed by atoms with Gasteiger partial charge in [-0.05, 0) is 6.42 Å². The van der Waals surface area contributed by atoms with Crippen molar-refractivity contribution in [2.24, 2.45) is 5.92 Å². The minimum Gasteiger partial charge on any atom is -0.396 e. The van der Waals surface area contributed by atoms with Crippen molar-refractivity contribution in [3.63, 3.8) is 0 Å². The standard InChI is InChI=1S/C12H14ClN3O3/c13-12-9-8(15-4-16-12)7(2-14-9)6-1-5(3-17)10(18)11(6)19/h2,4-6,10-11,14,17-19H,1,3H2/t5-,6+,10-,11+/m1/s1. The molecule has 4 atom stereocenters. The van der Waals surface area contributed by atoms with Crippen LogP contribution in [0.4, 0.5) is 0 Å². The Morgan fingerprint density at radius 3 is 2.79 bits per heavy atom. The molecule has 3 rings (SSSR count). The molecule has 0 spiro atoms. The summed E-state index contributed by atoms with van der Waals surface area (Å²) in [6.07, 6.45) is 1.77. The number of hydrogen-bond donors (Lipinski definition) is 4. The third-order valence-corrected chi connectivity index (χ3v) is 4.17. The topological polar surface area (TPSA) is 102 Å². The Bertz CT molecular complexity index is 603. The second kappa shape index (κ2) is 4.72. The number of nitrogens with zero attached hydrogens (tertiary/aromatic N) is 2. The van der Waals surface area contributed by atoms with Crippen LogP contribution < -0.4 is 0 Å². The predicted octanol–water partition coefficient (Wildman–Crippen LogP) is 0.429. The molecule has 1 saturated carbocycles. The summed E-state index contributed by atoms with van der Waals surface area (Å²) in [7, 11) is 0. The molecule has 7 heteroatoms. The van der Waals surface area contributed by atoms with Gasteiger partial charge in [0.05, 0.1) is 17.7 Å². The molecular weight excluding hydrogens is 270 g/mol. The van der Waals surface area contributed by atoms with Crippen LogP contribution in [0.5, 0.6) is 0 Å². The van der Waals surface area contributed by atoms with Gasteiger partial charge in [0.15, 0.2) is 5.15 Å². The second-order valence-corrected chi connectivity index (χ2v) is 5.26. The Hall–Kier alpha value is -1.21. The highest BCUT2D eigenvalue weighted by Crippen LogP contribution is 2.41. The molecule has 0 unspecified atom stereocenters. The Balaban J connectivity index is 2.04. The highest BCUT2D eigenvalue weighted by molar-refractivity contribution is 6.33. The fraction of sp³-hybridized carbons (Fsp3) is 0.500. The second-order valence-electron chi connectivity index (χ2n) is 4.90. The normalized spacial score (nSPS) is 31.2. The number of fused-ring (bicyclic) bond motifs is 1. The summed E-state index contributed by atoms with van der Waals surface area (Å²) in [4.78, 5) is 11.0. The zero-order chi connectivity index (χ0) is 13.6. The van der Waals surface area contributed by atoms with Gasteiger partial charge in [0.1, 0.15) is 11.8 Å². The Morgan fingerprint density at radius 2 is 2.11 bits per heavy atom. The van der Waals surface area contributed by atoms with E-state index in [-0.39, 0.29) is 18.4 Å². The third kappa shape index (κ3) is 1.92. The minimum absolute atomic E-state index is 0.146. The van der Waals surface area contributed by atoms with Crippen molar-refractivity contribution < 1.29 is 15.3 Å². The van der Waals surface area contributed by atoms with Crippen molar-refractivity contribution in [2.75, 3.05) is 6.61 Å². The monoisotopic (exact) mass is 283 g/mol. The van der Waals surface area contributed by atoms with Gasteiger partial charge in [-0.15, -0.1) is 0 Å². The molecule has 19 heavy (non-hydrogen) atoms. The molecule has 6 nitrogen and oxygen atoms in total. The van der Waals surface area contributed by atoms with Crippen LogP contribution in [0.2, 0.25) is 5.15 Å². The van der Waals surface area contributed by atoms with E-state index in [9.17, 15) is 15.3 Å². The average Bonchev–Trinajstić information content (AvgIpc) is 2.94. The molecule has 1 aliphatic carbocycles. The molecule has 2 heterocycles. The molecule has 4 N–H and O–H groups in total. The van der Waals surface area contributed by atoms with Crippen molar-refractivity contribution in [1.29, 1.82) is 0 Å². The van der Waals surface area contributed by atoms with E-state index >= 15 is 0 Å². The van der Waals surface area contributed by atoms with Gasteiger partial charge < -0.3 is 20.3 Å². The van der Waals surface area contributed by atoms with E-state index in [1.807, 2.05) is 0 Å². The first-order valence-electron chi connectivity index (χ1n) is 6.08. The SMILES string of the molecule is OC[C@H]1C[C@@H](c2c[nH]c3c(Cl)ncnc23)[C@H](O)[C@@H]1O. The molecule has 102 valence electrons. The van der Waals surface area contributed by atoms with E-state index in [1.165, 1.54) is 6.33 Å². The molecule has 0 amide bonds. The molecule has 0 radical (unpaired) electrons. The lowest BCUT2D eigenvalue weighted by Gasteiger charge is -2.15. The fourth-order valence-corrected chi connectivity index (χ4v) is 3.01. The number of H-pyrrole nitrogens is 1. The molecule has 0 aliphatic heterocycles. The first-order chi connectivity index (χ1) is 9.13. The number of halogens is 1. The molecule has 1 aliphatic rings. The Morgan fingerprint density at radius 1 is 1.32 bits per heavy atom. The lowest BCUT2D eigenvalue weighted by atomic mass is 9.96. The maximum atomic E-state index is 10.1. The van der Waals surface area contributed by atoms with Crippen LogP contribution in [0, 0.1) is 5.92 Å². The zero-order valence-corrected chi connectivity index (χ0v) is 10.7. The lowest BCUT2D eigenvalue weighted by Crippen LogP contribution is -2.28. The molecule has 0 bridgehead atoms. The summed E-state index contributed by atoms with van der Waals surface area (Å²) in [6.45, 7) is -0.146. The van der Waals surface area contributed by atoms with Crippen LogP contribution in [-0.4, -0.2) is 49.1 Å². The number of rotatable bonds is 2. The van der Waals surface area contributed by atoms with Gasteiger partial charge in [0.25, 0.3) is 0 Å². The summed E-state index contributed by atoms with van der Waals surface area (Å²) in [5.74, 6) is -0.589. The first kappa shape index (κ1) is 12.8. The van der Waals surface area contributed by atoms with Crippen LogP contribution in [0.1, 0.15) is 17.9 Å². The van der Waals surface area contributed by atoms with Crippen molar-refractivity contribution in [2.45, 2.75) is 24.5 Å². The van der Waals surface area contributed by atoms with E-state index in [0.717, 1.165) is 5.56 Å². The zero-order valence-electron chi connectivity index (χ0n) is 9.99. The summed E-state index contributed by atoms with van der Waals surface area (Å²) in [6, 6.07) is 0. The summed E-state index contributed by atoms with van der Waals surface area (Å²) in [5, 5.41) is 29.5. The van der Waals surface area contributed by atoms with Crippen molar-refractivity contribution in [3.8, 4) is 0 Å². The van der Waals surface area contributed by atoms with Crippen LogP contribution in [0.25, 0.3) is 11.0 Å². The number of aliphatic hydroxyl groups excluding tert-OH is 3. The van der Waals surface area contributed by atoms with Crippen LogP contribution >= 0.6 is 11.6 Å². The highest BCUT2D eigenvalue weighted by Gasteiger charge is 2.42. The van der Waals surface area contributed by atoms with Crippen LogP contribution in [-0.2, 0) is 0 Å². The fourth-order valence-electron chi connectivity index (χ4n) is 2.83. The van der Waals surface area contributed by atoms with E-state index < -0.39 is 12.2 Å². The maximum Gasteiger partial charge on any atom is 0.156 e. The van der Waals surface area contributed by atoms with E-state index in [1.54, 1.807) is 6.20 Å². The molecule has 0 aromatic carbocycles. The maximum absolute atomic E-state index is 10.1. The predicted molar refractivity (Wildman–Crippen MR) is 68.8 cm³/mol. The van der Waals surface area contributed by atoms with Gasteiger partial charge in [0.2, 0.25) is 0 Å². The smallest absolute Gasteiger partial charge is 0.156 e. The van der Waals surface area contributed by atoms with Crippen molar-refractivity contribution >= 4 is 22.6 Å². The summed E-state index contributed by atoms with van der Waals surface area (Å²) >= 11 is 5.96. The molecule has 1 fully saturated rings. The van der Waals surface area contributed by atoms with Crippen LogP contribution in [0.3, 0.4) is 0 Å². The molecular formula is C12H14ClN3O3. The Kier molecular flexibility index (Phi) is 3.18. The van der Waals surface area contributed by atoms with Gasteiger partial charge >= 0.3 is 0 Å².